The van der Waals surface area contributed by atoms with E-state index in [9.17, 15) is 17.6 Å². The van der Waals surface area contributed by atoms with Gasteiger partial charge in [0.1, 0.15) is 5.82 Å². The highest BCUT2D eigenvalue weighted by molar-refractivity contribution is 7.89. The van der Waals surface area contributed by atoms with Crippen molar-refractivity contribution < 1.29 is 17.6 Å². The molecule has 1 aliphatic heterocycles. The molecule has 0 radical (unpaired) electrons. The van der Waals surface area contributed by atoms with E-state index in [2.05, 4.69) is 15.4 Å². The summed E-state index contributed by atoms with van der Waals surface area (Å²) in [6.45, 7) is 6.41. The smallest absolute Gasteiger partial charge is 0.276 e. The minimum Gasteiger partial charge on any atom is -0.318 e. The van der Waals surface area contributed by atoms with Crippen molar-refractivity contribution in [2.24, 2.45) is 0 Å². The predicted molar refractivity (Wildman–Crippen MR) is 140 cm³/mol. The van der Waals surface area contributed by atoms with Crippen molar-refractivity contribution in [1.82, 2.24) is 18.9 Å². The number of para-hydroxylation sites is 1. The van der Waals surface area contributed by atoms with Crippen LogP contribution in [0.15, 0.2) is 53.4 Å². The lowest BCUT2D eigenvalue weighted by molar-refractivity contribution is 0.102. The van der Waals surface area contributed by atoms with Crippen molar-refractivity contribution in [3.8, 4) is 11.1 Å². The largest absolute Gasteiger partial charge is 0.318 e. The van der Waals surface area contributed by atoms with Gasteiger partial charge in [-0.3, -0.25) is 4.79 Å². The van der Waals surface area contributed by atoms with E-state index in [0.29, 0.717) is 35.4 Å². The molecule has 1 fully saturated rings. The Labute approximate surface area is 215 Å². The third-order valence-electron chi connectivity index (χ3n) is 6.64. The van der Waals surface area contributed by atoms with Gasteiger partial charge in [0.05, 0.1) is 16.1 Å². The number of hydrogen-bond donors (Lipinski definition) is 1. The molecule has 3 heterocycles. The Morgan fingerprint density at radius 2 is 1.73 bits per heavy atom. The normalized spacial score (nSPS) is 14.7. The Morgan fingerprint density at radius 3 is 2.46 bits per heavy atom. The van der Waals surface area contributed by atoms with Crippen LogP contribution in [0.3, 0.4) is 0 Å². The van der Waals surface area contributed by atoms with Gasteiger partial charge in [-0.15, -0.1) is 0 Å². The molecule has 1 N–H and O–H groups in total. The first-order valence-electron chi connectivity index (χ1n) is 12.2. The van der Waals surface area contributed by atoms with Crippen molar-refractivity contribution in [2.75, 3.05) is 18.4 Å². The molecule has 1 aliphatic rings. The molecule has 192 valence electrons. The Kier molecular flexibility index (Phi) is 6.55. The topological polar surface area (TPSA) is 96.7 Å². The maximum atomic E-state index is 14.3. The summed E-state index contributed by atoms with van der Waals surface area (Å²) in [6, 6.07) is 12.8. The van der Waals surface area contributed by atoms with Crippen molar-refractivity contribution in [3.05, 3.63) is 77.0 Å². The minimum atomic E-state index is -3.73. The molecule has 1 amide bonds. The highest BCUT2D eigenvalue weighted by atomic mass is 32.2. The van der Waals surface area contributed by atoms with Gasteiger partial charge in [-0.1, -0.05) is 30.7 Å². The highest BCUT2D eigenvalue weighted by Gasteiger charge is 2.29. The Hall–Kier alpha value is -3.63. The number of sulfonamides is 1. The number of carbonyl (C=O) groups is 1. The van der Waals surface area contributed by atoms with Gasteiger partial charge in [-0.05, 0) is 69.0 Å². The first-order valence-corrected chi connectivity index (χ1v) is 13.6. The monoisotopic (exact) mass is 521 g/mol. The lowest BCUT2D eigenvalue weighted by Gasteiger charge is -2.26. The summed E-state index contributed by atoms with van der Waals surface area (Å²) < 4.78 is 44.5. The van der Waals surface area contributed by atoms with E-state index in [4.69, 9.17) is 0 Å². The van der Waals surface area contributed by atoms with Gasteiger partial charge in [-0.2, -0.15) is 9.40 Å². The van der Waals surface area contributed by atoms with Crippen LogP contribution >= 0.6 is 0 Å². The molecule has 8 nitrogen and oxygen atoms in total. The van der Waals surface area contributed by atoms with Crippen molar-refractivity contribution in [2.45, 2.75) is 44.9 Å². The number of anilines is 1. The number of hydrogen-bond acceptors (Lipinski definition) is 5. The number of amides is 1. The zero-order valence-corrected chi connectivity index (χ0v) is 21.8. The first kappa shape index (κ1) is 25.0. The summed E-state index contributed by atoms with van der Waals surface area (Å²) in [7, 11) is -3.73. The van der Waals surface area contributed by atoms with Crippen LogP contribution in [0, 0.1) is 26.6 Å². The fourth-order valence-corrected chi connectivity index (χ4v) is 6.54. The van der Waals surface area contributed by atoms with Gasteiger partial charge < -0.3 is 5.32 Å². The maximum absolute atomic E-state index is 14.3. The lowest BCUT2D eigenvalue weighted by atomic mass is 10.0. The van der Waals surface area contributed by atoms with Crippen LogP contribution < -0.4 is 5.32 Å². The van der Waals surface area contributed by atoms with Gasteiger partial charge >= 0.3 is 0 Å². The van der Waals surface area contributed by atoms with E-state index in [-0.39, 0.29) is 16.3 Å². The summed E-state index contributed by atoms with van der Waals surface area (Å²) in [5, 5.41) is 7.11. The summed E-state index contributed by atoms with van der Waals surface area (Å²) in [5.74, 6) is -1.19. The van der Waals surface area contributed by atoms with Crippen molar-refractivity contribution in [1.29, 1.82) is 0 Å². The van der Waals surface area contributed by atoms with Crippen LogP contribution in [0.25, 0.3) is 16.8 Å². The molecule has 1 saturated heterocycles. The molecular formula is C27H28FN5O3S. The summed E-state index contributed by atoms with van der Waals surface area (Å²) >= 11 is 0. The van der Waals surface area contributed by atoms with Crippen LogP contribution in [0.1, 0.15) is 46.7 Å². The molecule has 10 heteroatoms. The number of nitrogens with zero attached hydrogens (tertiary/aromatic N) is 4. The number of aromatic nitrogens is 3. The molecule has 2 aromatic heterocycles. The third-order valence-corrected chi connectivity index (χ3v) is 8.68. The molecule has 0 saturated carbocycles. The van der Waals surface area contributed by atoms with Gasteiger partial charge in [0.15, 0.2) is 11.3 Å². The van der Waals surface area contributed by atoms with E-state index in [1.807, 2.05) is 19.9 Å². The summed E-state index contributed by atoms with van der Waals surface area (Å²) in [4.78, 5) is 18.2. The molecule has 0 atom stereocenters. The second kappa shape index (κ2) is 9.68. The molecular weight excluding hydrogens is 493 g/mol. The molecule has 0 unspecified atom stereocenters. The van der Waals surface area contributed by atoms with Gasteiger partial charge in [0, 0.05) is 24.5 Å². The standard InChI is InChI=1S/C27H28FN5O3S/c1-17-11-12-20(16-23(17)37(35,36)32-13-7-4-8-14-32)24-25(27(34)30-22-10-6-5-9-21(22)28)31-33-19(3)15-18(2)29-26(24)33/h5-6,9-12,15-16H,4,7-8,13-14H2,1-3H3,(H,30,34). The third kappa shape index (κ3) is 4.62. The van der Waals surface area contributed by atoms with E-state index < -0.39 is 21.7 Å². The number of aryl methyl sites for hydroxylation is 3. The van der Waals surface area contributed by atoms with Crippen LogP contribution in [0.2, 0.25) is 0 Å². The average molecular weight is 522 g/mol. The molecule has 5 rings (SSSR count). The summed E-state index contributed by atoms with van der Waals surface area (Å²) in [5.41, 5.74) is 3.43. The quantitative estimate of drug-likeness (QED) is 0.404. The highest BCUT2D eigenvalue weighted by Crippen LogP contribution is 2.33. The number of piperidine rings is 1. The lowest BCUT2D eigenvalue weighted by Crippen LogP contribution is -2.35. The van der Waals surface area contributed by atoms with E-state index in [1.165, 1.54) is 22.5 Å². The van der Waals surface area contributed by atoms with Crippen molar-refractivity contribution >= 4 is 27.3 Å². The van der Waals surface area contributed by atoms with Crippen LogP contribution in [0.5, 0.6) is 0 Å². The zero-order valence-electron chi connectivity index (χ0n) is 21.0. The van der Waals surface area contributed by atoms with Crippen LogP contribution in [-0.2, 0) is 10.0 Å². The van der Waals surface area contributed by atoms with Gasteiger partial charge in [0.2, 0.25) is 10.0 Å². The summed E-state index contributed by atoms with van der Waals surface area (Å²) in [6.07, 6.45) is 2.67. The van der Waals surface area contributed by atoms with E-state index >= 15 is 0 Å². The Bertz CT molecular complexity index is 1620. The zero-order chi connectivity index (χ0) is 26.3. The number of benzene rings is 2. The second-order valence-electron chi connectivity index (χ2n) is 9.38. The minimum absolute atomic E-state index is 0.0219. The molecule has 4 aromatic rings. The van der Waals surface area contributed by atoms with Crippen LogP contribution in [0.4, 0.5) is 10.1 Å². The Balaban J connectivity index is 1.68. The number of halogens is 1. The molecule has 0 bridgehead atoms. The number of carbonyl (C=O) groups excluding carboxylic acids is 1. The number of rotatable bonds is 5. The fourth-order valence-electron chi connectivity index (χ4n) is 4.77. The molecule has 0 aliphatic carbocycles. The fraction of sp³-hybridized carbons (Fsp3) is 0.296. The van der Waals surface area contributed by atoms with Crippen LogP contribution in [-0.4, -0.2) is 46.3 Å². The number of fused-ring (bicyclic) bond motifs is 1. The molecule has 37 heavy (non-hydrogen) atoms. The number of nitrogens with one attached hydrogen (secondary N) is 1. The Morgan fingerprint density at radius 1 is 1.00 bits per heavy atom. The van der Waals surface area contributed by atoms with Crippen molar-refractivity contribution in [3.63, 3.8) is 0 Å². The first-order chi connectivity index (χ1) is 17.7. The molecule has 2 aromatic carbocycles. The second-order valence-corrected chi connectivity index (χ2v) is 11.3. The van der Waals surface area contributed by atoms with Gasteiger partial charge in [-0.25, -0.2) is 22.3 Å². The SMILES string of the molecule is Cc1cc(C)n2nc(C(=O)Nc3ccccc3F)c(-c3ccc(C)c(S(=O)(=O)N4CCCCC4)c3)c2n1. The average Bonchev–Trinajstić information content (AvgIpc) is 3.26. The van der Waals surface area contributed by atoms with E-state index in [1.54, 1.807) is 35.7 Å². The molecule has 0 spiro atoms. The van der Waals surface area contributed by atoms with Gasteiger partial charge in [0.25, 0.3) is 5.91 Å². The van der Waals surface area contributed by atoms with E-state index in [0.717, 1.165) is 30.7 Å². The maximum Gasteiger partial charge on any atom is 0.276 e. The predicted octanol–water partition coefficient (Wildman–Crippen LogP) is 4.89.